The Bertz CT molecular complexity index is 518. The molecule has 0 atom stereocenters. The number of phenols is 1. The molecular formula is C13H12N2O2. The third-order valence-corrected chi connectivity index (χ3v) is 1.97. The SMILES string of the molecule is CC(=O)NCCC#Cc1ccc(C#N)c(O)c1. The number of amides is 1. The van der Waals surface area contributed by atoms with Gasteiger partial charge in [0.2, 0.25) is 5.91 Å². The van der Waals surface area contributed by atoms with Crippen molar-refractivity contribution in [1.29, 1.82) is 5.26 Å². The van der Waals surface area contributed by atoms with Crippen molar-refractivity contribution in [2.24, 2.45) is 0 Å². The molecule has 4 nitrogen and oxygen atoms in total. The Hall–Kier alpha value is -2.46. The Morgan fingerprint density at radius 2 is 2.29 bits per heavy atom. The van der Waals surface area contributed by atoms with Crippen LogP contribution in [-0.2, 0) is 4.79 Å². The van der Waals surface area contributed by atoms with Crippen LogP contribution in [0.4, 0.5) is 0 Å². The molecule has 0 fully saturated rings. The fourth-order valence-electron chi connectivity index (χ4n) is 1.17. The van der Waals surface area contributed by atoms with Gasteiger partial charge in [0, 0.05) is 25.5 Å². The zero-order valence-corrected chi connectivity index (χ0v) is 9.45. The predicted octanol–water partition coefficient (Wildman–Crippen LogP) is 1.14. The van der Waals surface area contributed by atoms with Crippen molar-refractivity contribution in [3.8, 4) is 23.7 Å². The van der Waals surface area contributed by atoms with Crippen molar-refractivity contribution in [2.75, 3.05) is 6.54 Å². The van der Waals surface area contributed by atoms with E-state index in [0.29, 0.717) is 18.5 Å². The molecule has 1 amide bonds. The molecule has 2 N–H and O–H groups in total. The predicted molar refractivity (Wildman–Crippen MR) is 63.0 cm³/mol. The Labute approximate surface area is 99.9 Å². The normalized spacial score (nSPS) is 8.71. The first-order valence-electron chi connectivity index (χ1n) is 5.10. The standard InChI is InChI=1S/C13H12N2O2/c1-10(16)15-7-3-2-4-11-5-6-12(9-14)13(17)8-11/h5-6,8,17H,3,7H2,1H3,(H,15,16). The molecule has 86 valence electrons. The van der Waals surface area contributed by atoms with Gasteiger partial charge in [0.15, 0.2) is 0 Å². The summed E-state index contributed by atoms with van der Waals surface area (Å²) in [4.78, 5) is 10.6. The number of benzene rings is 1. The van der Waals surface area contributed by atoms with Gasteiger partial charge in [0.25, 0.3) is 0 Å². The summed E-state index contributed by atoms with van der Waals surface area (Å²) in [6.07, 6.45) is 0.542. The number of aromatic hydroxyl groups is 1. The fourth-order valence-corrected chi connectivity index (χ4v) is 1.17. The van der Waals surface area contributed by atoms with Crippen LogP contribution in [0.15, 0.2) is 18.2 Å². The lowest BCUT2D eigenvalue weighted by Gasteiger charge is -1.96. The quantitative estimate of drug-likeness (QED) is 0.589. The van der Waals surface area contributed by atoms with E-state index in [1.165, 1.54) is 19.1 Å². The van der Waals surface area contributed by atoms with Gasteiger partial charge in [-0.3, -0.25) is 4.79 Å². The van der Waals surface area contributed by atoms with Crippen molar-refractivity contribution in [3.63, 3.8) is 0 Å². The van der Waals surface area contributed by atoms with Crippen molar-refractivity contribution < 1.29 is 9.90 Å². The zero-order valence-electron chi connectivity index (χ0n) is 9.45. The van der Waals surface area contributed by atoms with E-state index >= 15 is 0 Å². The van der Waals surface area contributed by atoms with Gasteiger partial charge in [-0.05, 0) is 18.2 Å². The maximum absolute atomic E-state index is 10.6. The number of nitrogens with one attached hydrogen (secondary N) is 1. The molecule has 0 radical (unpaired) electrons. The van der Waals surface area contributed by atoms with Crippen molar-refractivity contribution >= 4 is 5.91 Å². The fraction of sp³-hybridized carbons (Fsp3) is 0.231. The topological polar surface area (TPSA) is 73.1 Å². The number of carbonyl (C=O) groups excluding carboxylic acids is 1. The first-order chi connectivity index (χ1) is 8.13. The summed E-state index contributed by atoms with van der Waals surface area (Å²) >= 11 is 0. The molecule has 0 spiro atoms. The van der Waals surface area contributed by atoms with Crippen molar-refractivity contribution in [3.05, 3.63) is 29.3 Å². The number of carbonyl (C=O) groups is 1. The maximum Gasteiger partial charge on any atom is 0.216 e. The highest BCUT2D eigenvalue weighted by Crippen LogP contribution is 2.16. The van der Waals surface area contributed by atoms with Crippen LogP contribution in [0.3, 0.4) is 0 Å². The van der Waals surface area contributed by atoms with Gasteiger partial charge >= 0.3 is 0 Å². The second kappa shape index (κ2) is 6.19. The van der Waals surface area contributed by atoms with Crippen LogP contribution in [0.1, 0.15) is 24.5 Å². The van der Waals surface area contributed by atoms with E-state index in [1.54, 1.807) is 6.07 Å². The summed E-state index contributed by atoms with van der Waals surface area (Å²) in [6.45, 7) is 1.96. The van der Waals surface area contributed by atoms with E-state index < -0.39 is 0 Å². The first kappa shape index (κ1) is 12.6. The van der Waals surface area contributed by atoms with Crippen LogP contribution in [0, 0.1) is 23.2 Å². The minimum atomic E-state index is -0.0807. The Kier molecular flexibility index (Phi) is 4.59. The molecule has 0 heterocycles. The summed E-state index contributed by atoms with van der Waals surface area (Å²) in [5, 5.41) is 20.7. The van der Waals surface area contributed by atoms with Crippen molar-refractivity contribution in [2.45, 2.75) is 13.3 Å². The van der Waals surface area contributed by atoms with E-state index in [4.69, 9.17) is 5.26 Å². The van der Waals surface area contributed by atoms with Crippen LogP contribution in [0.25, 0.3) is 0 Å². The lowest BCUT2D eigenvalue weighted by atomic mass is 10.1. The van der Waals surface area contributed by atoms with Gasteiger partial charge in [-0.1, -0.05) is 11.8 Å². The molecule has 0 bridgehead atoms. The molecule has 4 heteroatoms. The molecule has 0 aliphatic carbocycles. The molecule has 0 unspecified atom stereocenters. The molecule has 0 aliphatic heterocycles. The van der Waals surface area contributed by atoms with Crippen LogP contribution >= 0.6 is 0 Å². The highest BCUT2D eigenvalue weighted by Gasteiger charge is 1.99. The van der Waals surface area contributed by atoms with Crippen LogP contribution < -0.4 is 5.32 Å². The average molecular weight is 228 g/mol. The Morgan fingerprint density at radius 3 is 2.88 bits per heavy atom. The molecule has 1 aromatic carbocycles. The van der Waals surface area contributed by atoms with Crippen molar-refractivity contribution in [1.82, 2.24) is 5.32 Å². The van der Waals surface area contributed by atoms with Gasteiger partial charge in [0.05, 0.1) is 5.56 Å². The minimum Gasteiger partial charge on any atom is -0.507 e. The maximum atomic E-state index is 10.6. The highest BCUT2D eigenvalue weighted by molar-refractivity contribution is 5.72. The number of nitrogens with zero attached hydrogens (tertiary/aromatic N) is 1. The van der Waals surface area contributed by atoms with E-state index in [-0.39, 0.29) is 17.2 Å². The molecule has 17 heavy (non-hydrogen) atoms. The molecule has 1 rings (SSSR count). The second-order valence-electron chi connectivity index (χ2n) is 3.38. The molecule has 0 aliphatic rings. The van der Waals surface area contributed by atoms with Crippen LogP contribution in [0.2, 0.25) is 0 Å². The molecule has 1 aromatic rings. The lowest BCUT2D eigenvalue weighted by Crippen LogP contribution is -2.20. The van der Waals surface area contributed by atoms with Gasteiger partial charge < -0.3 is 10.4 Å². The molecule has 0 aromatic heterocycles. The summed E-state index contributed by atoms with van der Waals surface area (Å²) in [5.41, 5.74) is 0.873. The summed E-state index contributed by atoms with van der Waals surface area (Å²) in [7, 11) is 0. The summed E-state index contributed by atoms with van der Waals surface area (Å²) < 4.78 is 0. The van der Waals surface area contributed by atoms with Gasteiger partial charge in [-0.15, -0.1) is 0 Å². The second-order valence-corrected chi connectivity index (χ2v) is 3.38. The minimum absolute atomic E-state index is 0.0684. The van der Waals surface area contributed by atoms with Gasteiger partial charge in [-0.2, -0.15) is 5.26 Å². The van der Waals surface area contributed by atoms with Gasteiger partial charge in [0.1, 0.15) is 11.8 Å². The van der Waals surface area contributed by atoms with E-state index in [9.17, 15) is 9.90 Å². The monoisotopic (exact) mass is 228 g/mol. The number of rotatable bonds is 2. The lowest BCUT2D eigenvalue weighted by molar-refractivity contribution is -0.118. The number of hydrogen-bond donors (Lipinski definition) is 2. The van der Waals surface area contributed by atoms with E-state index in [2.05, 4.69) is 17.2 Å². The Balaban J connectivity index is 2.58. The third-order valence-electron chi connectivity index (χ3n) is 1.97. The third kappa shape index (κ3) is 4.27. The van der Waals surface area contributed by atoms with E-state index in [0.717, 1.165) is 0 Å². The number of hydrogen-bond acceptors (Lipinski definition) is 3. The van der Waals surface area contributed by atoms with Crippen LogP contribution in [0.5, 0.6) is 5.75 Å². The van der Waals surface area contributed by atoms with E-state index in [1.807, 2.05) is 6.07 Å². The largest absolute Gasteiger partial charge is 0.507 e. The zero-order chi connectivity index (χ0) is 12.7. The molecule has 0 saturated carbocycles. The summed E-state index contributed by atoms with van der Waals surface area (Å²) in [6, 6.07) is 6.51. The summed E-state index contributed by atoms with van der Waals surface area (Å²) in [5.74, 6) is 5.55. The smallest absolute Gasteiger partial charge is 0.216 e. The Morgan fingerprint density at radius 1 is 1.53 bits per heavy atom. The number of phenolic OH excluding ortho intramolecular Hbond substituents is 1. The first-order valence-corrected chi connectivity index (χ1v) is 5.10. The highest BCUT2D eigenvalue weighted by atomic mass is 16.3. The average Bonchev–Trinajstić information content (AvgIpc) is 2.28. The molecular weight excluding hydrogens is 216 g/mol. The van der Waals surface area contributed by atoms with Gasteiger partial charge in [-0.25, -0.2) is 0 Å². The van der Waals surface area contributed by atoms with Crippen LogP contribution in [-0.4, -0.2) is 17.6 Å². The molecule has 0 saturated heterocycles. The number of nitriles is 1.